The molecule has 2 aromatic rings. The molecule has 5 heteroatoms. The molecule has 2 saturated heterocycles. The molecule has 1 amide bonds. The molecule has 0 radical (unpaired) electrons. The number of hydrogen-bond donors (Lipinski definition) is 0. The molecule has 5 atom stereocenters. The zero-order valence-corrected chi connectivity index (χ0v) is 15.5. The Kier molecular flexibility index (Phi) is 3.55. The van der Waals surface area contributed by atoms with Crippen LogP contribution in [0.2, 0.25) is 0 Å². The number of rotatable bonds is 4. The van der Waals surface area contributed by atoms with Crippen molar-refractivity contribution in [3.05, 3.63) is 66.8 Å². The molecule has 5 rings (SSSR count). The van der Waals surface area contributed by atoms with Crippen molar-refractivity contribution in [2.75, 3.05) is 4.90 Å². The van der Waals surface area contributed by atoms with Crippen LogP contribution in [0.4, 0.5) is 5.69 Å². The SMILES string of the molecule is C=C(C)C[C@H]1N(c2cccc3ccccc23)C(=O)[C@@H]2[C@H](C(=O)[O-])[C@@H]3C=C[C@]21O3. The van der Waals surface area contributed by atoms with E-state index in [1.54, 1.807) is 11.0 Å². The van der Waals surface area contributed by atoms with Crippen LogP contribution in [0.15, 0.2) is 66.8 Å². The van der Waals surface area contributed by atoms with Gasteiger partial charge in [-0.2, -0.15) is 0 Å². The number of carbonyl (C=O) groups is 2. The minimum atomic E-state index is -1.23. The Bertz CT molecular complexity index is 1050. The Morgan fingerprint density at radius 2 is 2.00 bits per heavy atom. The predicted octanol–water partition coefficient (Wildman–Crippen LogP) is 2.21. The molecule has 0 unspecified atom stereocenters. The zero-order valence-electron chi connectivity index (χ0n) is 15.5. The fraction of sp³-hybridized carbons (Fsp3) is 0.304. The van der Waals surface area contributed by atoms with E-state index in [-0.39, 0.29) is 11.9 Å². The lowest BCUT2D eigenvalue weighted by Crippen LogP contribution is -2.46. The second kappa shape index (κ2) is 5.79. The third-order valence-corrected chi connectivity index (χ3v) is 6.26. The highest BCUT2D eigenvalue weighted by Crippen LogP contribution is 2.57. The van der Waals surface area contributed by atoms with Gasteiger partial charge in [0.05, 0.1) is 23.8 Å². The van der Waals surface area contributed by atoms with Gasteiger partial charge in [-0.15, -0.1) is 6.58 Å². The lowest BCUT2D eigenvalue weighted by molar-refractivity contribution is -0.313. The third kappa shape index (κ3) is 2.11. The highest BCUT2D eigenvalue weighted by molar-refractivity contribution is 6.09. The van der Waals surface area contributed by atoms with Gasteiger partial charge in [0.2, 0.25) is 5.91 Å². The maximum absolute atomic E-state index is 13.6. The highest BCUT2D eigenvalue weighted by atomic mass is 16.5. The summed E-state index contributed by atoms with van der Waals surface area (Å²) in [6.07, 6.45) is 3.57. The molecule has 0 aromatic heterocycles. The van der Waals surface area contributed by atoms with E-state index in [4.69, 9.17) is 4.74 Å². The lowest BCUT2D eigenvalue weighted by atomic mass is 9.74. The van der Waals surface area contributed by atoms with Gasteiger partial charge in [0.1, 0.15) is 5.60 Å². The van der Waals surface area contributed by atoms with Crippen molar-refractivity contribution in [1.29, 1.82) is 0 Å². The van der Waals surface area contributed by atoms with Crippen LogP contribution in [0.3, 0.4) is 0 Å². The number of carboxylic acid groups (broad SMARTS) is 1. The number of anilines is 1. The van der Waals surface area contributed by atoms with E-state index in [0.717, 1.165) is 22.0 Å². The quantitative estimate of drug-likeness (QED) is 0.770. The fourth-order valence-corrected chi connectivity index (χ4v) is 5.20. The third-order valence-electron chi connectivity index (χ3n) is 6.26. The van der Waals surface area contributed by atoms with E-state index in [0.29, 0.717) is 6.42 Å². The van der Waals surface area contributed by atoms with Crippen molar-refractivity contribution in [2.24, 2.45) is 11.8 Å². The molecular weight excluding hydrogens is 354 g/mol. The first-order chi connectivity index (χ1) is 13.4. The van der Waals surface area contributed by atoms with Crippen LogP contribution in [0, 0.1) is 11.8 Å². The largest absolute Gasteiger partial charge is 0.550 e. The molecule has 0 aliphatic carbocycles. The van der Waals surface area contributed by atoms with Crippen LogP contribution < -0.4 is 10.0 Å². The number of aliphatic carboxylic acids is 1. The summed E-state index contributed by atoms with van der Waals surface area (Å²) in [5, 5.41) is 13.8. The maximum atomic E-state index is 13.6. The van der Waals surface area contributed by atoms with Gasteiger partial charge >= 0.3 is 0 Å². The van der Waals surface area contributed by atoms with Gasteiger partial charge in [-0.1, -0.05) is 54.1 Å². The van der Waals surface area contributed by atoms with Crippen molar-refractivity contribution in [2.45, 2.75) is 31.1 Å². The van der Waals surface area contributed by atoms with E-state index < -0.39 is 29.5 Å². The summed E-state index contributed by atoms with van der Waals surface area (Å²) in [6.45, 7) is 5.95. The number of fused-ring (bicyclic) bond motifs is 2. The van der Waals surface area contributed by atoms with Crippen LogP contribution in [0.25, 0.3) is 10.8 Å². The average molecular weight is 374 g/mol. The van der Waals surface area contributed by atoms with Gasteiger partial charge in [0.25, 0.3) is 0 Å². The van der Waals surface area contributed by atoms with Crippen LogP contribution in [-0.2, 0) is 14.3 Å². The topological polar surface area (TPSA) is 69.7 Å². The first-order valence-electron chi connectivity index (χ1n) is 9.47. The number of carbonyl (C=O) groups excluding carboxylic acids is 2. The Hall–Kier alpha value is -2.92. The molecule has 0 saturated carbocycles. The minimum Gasteiger partial charge on any atom is -0.550 e. The molecule has 3 aliphatic heterocycles. The smallest absolute Gasteiger partial charge is 0.234 e. The van der Waals surface area contributed by atoms with Crippen LogP contribution in [0.1, 0.15) is 13.3 Å². The van der Waals surface area contributed by atoms with Gasteiger partial charge in [-0.05, 0) is 24.8 Å². The van der Waals surface area contributed by atoms with E-state index in [9.17, 15) is 14.7 Å². The number of amides is 1. The summed E-state index contributed by atoms with van der Waals surface area (Å²) in [7, 11) is 0. The zero-order chi connectivity index (χ0) is 19.6. The summed E-state index contributed by atoms with van der Waals surface area (Å²) in [5.74, 6) is -3.20. The number of ether oxygens (including phenoxy) is 1. The van der Waals surface area contributed by atoms with Crippen molar-refractivity contribution in [1.82, 2.24) is 0 Å². The fourth-order valence-electron chi connectivity index (χ4n) is 5.20. The highest BCUT2D eigenvalue weighted by Gasteiger charge is 2.69. The summed E-state index contributed by atoms with van der Waals surface area (Å²) < 4.78 is 6.17. The second-order valence-electron chi connectivity index (χ2n) is 8.00. The van der Waals surface area contributed by atoms with E-state index in [1.807, 2.05) is 55.5 Å². The molecule has 3 aliphatic rings. The van der Waals surface area contributed by atoms with Crippen molar-refractivity contribution >= 4 is 28.3 Å². The van der Waals surface area contributed by atoms with Gasteiger partial charge in [-0.25, -0.2) is 0 Å². The molecule has 142 valence electrons. The van der Waals surface area contributed by atoms with Gasteiger partial charge < -0.3 is 19.5 Å². The number of benzene rings is 2. The Morgan fingerprint density at radius 3 is 2.75 bits per heavy atom. The average Bonchev–Trinajstić information content (AvgIpc) is 3.30. The first kappa shape index (κ1) is 17.2. The van der Waals surface area contributed by atoms with Crippen LogP contribution in [-0.4, -0.2) is 29.6 Å². The molecule has 28 heavy (non-hydrogen) atoms. The summed E-state index contributed by atoms with van der Waals surface area (Å²) in [5.41, 5.74) is 0.730. The summed E-state index contributed by atoms with van der Waals surface area (Å²) >= 11 is 0. The van der Waals surface area contributed by atoms with Crippen molar-refractivity contribution in [3.8, 4) is 0 Å². The van der Waals surface area contributed by atoms with Gasteiger partial charge in [0, 0.05) is 17.3 Å². The maximum Gasteiger partial charge on any atom is 0.234 e. The lowest BCUT2D eigenvalue weighted by Gasteiger charge is -2.34. The Balaban J connectivity index is 1.71. The van der Waals surface area contributed by atoms with Crippen LogP contribution >= 0.6 is 0 Å². The summed E-state index contributed by atoms with van der Waals surface area (Å²) in [4.78, 5) is 27.2. The van der Waals surface area contributed by atoms with Gasteiger partial charge in [-0.3, -0.25) is 4.79 Å². The molecule has 0 N–H and O–H groups in total. The molecule has 2 bridgehead atoms. The Labute approximate surface area is 162 Å². The van der Waals surface area contributed by atoms with Crippen molar-refractivity contribution < 1.29 is 19.4 Å². The predicted molar refractivity (Wildman–Crippen MR) is 103 cm³/mol. The number of nitrogens with zero attached hydrogens (tertiary/aromatic N) is 1. The number of carboxylic acids is 1. The minimum absolute atomic E-state index is 0.219. The van der Waals surface area contributed by atoms with E-state index in [1.165, 1.54) is 0 Å². The number of hydrogen-bond acceptors (Lipinski definition) is 4. The van der Waals surface area contributed by atoms with Gasteiger partial charge in [0.15, 0.2) is 0 Å². The summed E-state index contributed by atoms with van der Waals surface area (Å²) in [6, 6.07) is 13.3. The monoisotopic (exact) mass is 374 g/mol. The first-order valence-corrected chi connectivity index (χ1v) is 9.47. The molecule has 1 spiro atoms. The van der Waals surface area contributed by atoms with Crippen LogP contribution in [0.5, 0.6) is 0 Å². The second-order valence-corrected chi connectivity index (χ2v) is 8.00. The molecule has 5 nitrogen and oxygen atoms in total. The van der Waals surface area contributed by atoms with E-state index >= 15 is 0 Å². The molecule has 3 heterocycles. The standard InChI is InChI=1S/C23H21NO4/c1-13(2)12-18-23-11-10-17(28-23)19(22(26)27)20(23)21(25)24(18)16-9-5-7-14-6-3-4-8-15(14)16/h3-11,17-20H,1,12H2,2H3,(H,26,27)/p-1/t17-,18+,19+,20-,23+/m0/s1. The molecular formula is C23H20NO4-. The molecule has 2 aromatic carbocycles. The van der Waals surface area contributed by atoms with E-state index in [2.05, 4.69) is 6.58 Å². The molecule has 2 fully saturated rings. The Morgan fingerprint density at radius 1 is 1.25 bits per heavy atom. The van der Waals surface area contributed by atoms with Crippen molar-refractivity contribution in [3.63, 3.8) is 0 Å². The normalized spacial score (nSPS) is 32.9.